The van der Waals surface area contributed by atoms with Gasteiger partial charge in [-0.15, -0.1) is 0 Å². The number of hydrogen-bond donors (Lipinski definition) is 0. The van der Waals surface area contributed by atoms with Crippen molar-refractivity contribution in [3.63, 3.8) is 0 Å². The molecule has 2 aromatic rings. The standard InChI is InChI=1S/C18H18O3/c1-2-13-3-5-14(6-4-13)9-16(11-19)15-7-8-17-18(10-15)21-12-20-17/h3-8,10-11,16H,2,9,12H2,1H3. The van der Waals surface area contributed by atoms with Crippen molar-refractivity contribution < 1.29 is 14.3 Å². The van der Waals surface area contributed by atoms with Crippen LogP contribution in [0.4, 0.5) is 0 Å². The predicted molar refractivity (Wildman–Crippen MR) is 80.9 cm³/mol. The summed E-state index contributed by atoms with van der Waals surface area (Å²) in [5.74, 6) is 1.31. The van der Waals surface area contributed by atoms with E-state index in [0.29, 0.717) is 6.42 Å². The lowest BCUT2D eigenvalue weighted by Gasteiger charge is -2.12. The summed E-state index contributed by atoms with van der Waals surface area (Å²) in [5.41, 5.74) is 3.44. The molecular weight excluding hydrogens is 264 g/mol. The Bertz CT molecular complexity index is 631. The molecule has 108 valence electrons. The molecule has 0 amide bonds. The van der Waals surface area contributed by atoms with Gasteiger partial charge in [0.2, 0.25) is 6.79 Å². The summed E-state index contributed by atoms with van der Waals surface area (Å²) < 4.78 is 10.7. The Hall–Kier alpha value is -2.29. The number of aryl methyl sites for hydroxylation is 1. The van der Waals surface area contributed by atoms with E-state index < -0.39 is 0 Å². The summed E-state index contributed by atoms with van der Waals surface area (Å²) in [6, 6.07) is 14.2. The first-order valence-corrected chi connectivity index (χ1v) is 7.23. The maximum atomic E-state index is 11.5. The van der Waals surface area contributed by atoms with Crippen LogP contribution in [0.25, 0.3) is 0 Å². The molecular formula is C18H18O3. The van der Waals surface area contributed by atoms with Crippen LogP contribution in [0.3, 0.4) is 0 Å². The summed E-state index contributed by atoms with van der Waals surface area (Å²) in [6.45, 7) is 2.39. The van der Waals surface area contributed by atoms with Crippen LogP contribution in [-0.2, 0) is 17.6 Å². The molecule has 0 aromatic heterocycles. The van der Waals surface area contributed by atoms with Crippen LogP contribution >= 0.6 is 0 Å². The summed E-state index contributed by atoms with van der Waals surface area (Å²) in [5, 5.41) is 0. The maximum absolute atomic E-state index is 11.5. The fourth-order valence-corrected chi connectivity index (χ4v) is 2.55. The van der Waals surface area contributed by atoms with Gasteiger partial charge in [-0.25, -0.2) is 0 Å². The third-order valence-electron chi connectivity index (χ3n) is 3.88. The van der Waals surface area contributed by atoms with Crippen molar-refractivity contribution in [1.82, 2.24) is 0 Å². The number of rotatable bonds is 5. The van der Waals surface area contributed by atoms with E-state index in [4.69, 9.17) is 9.47 Å². The number of benzene rings is 2. The third-order valence-corrected chi connectivity index (χ3v) is 3.88. The summed E-state index contributed by atoms with van der Waals surface area (Å²) in [4.78, 5) is 11.5. The lowest BCUT2D eigenvalue weighted by atomic mass is 9.92. The Morgan fingerprint density at radius 1 is 1.05 bits per heavy atom. The average molecular weight is 282 g/mol. The summed E-state index contributed by atoms with van der Waals surface area (Å²) >= 11 is 0. The number of carbonyl (C=O) groups excluding carboxylic acids is 1. The zero-order chi connectivity index (χ0) is 14.7. The monoisotopic (exact) mass is 282 g/mol. The molecule has 1 aliphatic heterocycles. The molecule has 3 nitrogen and oxygen atoms in total. The first kappa shape index (κ1) is 13.7. The largest absolute Gasteiger partial charge is 0.454 e. The second kappa shape index (κ2) is 6.00. The van der Waals surface area contributed by atoms with Gasteiger partial charge in [0, 0.05) is 5.92 Å². The Balaban J connectivity index is 1.79. The van der Waals surface area contributed by atoms with Crippen molar-refractivity contribution in [2.45, 2.75) is 25.7 Å². The third kappa shape index (κ3) is 2.92. The van der Waals surface area contributed by atoms with Gasteiger partial charge in [-0.05, 0) is 41.7 Å². The zero-order valence-electron chi connectivity index (χ0n) is 12.0. The molecule has 0 bridgehead atoms. The Labute approximate surface area is 124 Å². The van der Waals surface area contributed by atoms with Crippen LogP contribution in [0.2, 0.25) is 0 Å². The molecule has 1 atom stereocenters. The molecule has 2 aromatic carbocycles. The van der Waals surface area contributed by atoms with Gasteiger partial charge in [0.15, 0.2) is 11.5 Å². The fraction of sp³-hybridized carbons (Fsp3) is 0.278. The minimum Gasteiger partial charge on any atom is -0.454 e. The van der Waals surface area contributed by atoms with Gasteiger partial charge in [-0.1, -0.05) is 37.3 Å². The first-order chi connectivity index (χ1) is 10.3. The molecule has 0 fully saturated rings. The topological polar surface area (TPSA) is 35.5 Å². The minimum absolute atomic E-state index is 0.160. The van der Waals surface area contributed by atoms with Gasteiger partial charge in [-0.2, -0.15) is 0 Å². The normalized spacial score (nSPS) is 14.0. The quantitative estimate of drug-likeness (QED) is 0.787. The van der Waals surface area contributed by atoms with E-state index in [1.165, 1.54) is 11.1 Å². The van der Waals surface area contributed by atoms with E-state index in [2.05, 4.69) is 31.2 Å². The smallest absolute Gasteiger partial charge is 0.231 e. The van der Waals surface area contributed by atoms with Crippen molar-refractivity contribution in [3.8, 4) is 11.5 Å². The van der Waals surface area contributed by atoms with Crippen LogP contribution in [0.5, 0.6) is 11.5 Å². The van der Waals surface area contributed by atoms with Gasteiger partial charge in [0.25, 0.3) is 0 Å². The summed E-state index contributed by atoms with van der Waals surface area (Å²) in [6.07, 6.45) is 2.73. The first-order valence-electron chi connectivity index (χ1n) is 7.23. The number of fused-ring (bicyclic) bond motifs is 1. The van der Waals surface area contributed by atoms with Crippen LogP contribution < -0.4 is 9.47 Å². The molecule has 0 N–H and O–H groups in total. The van der Waals surface area contributed by atoms with Gasteiger partial charge in [0.05, 0.1) is 0 Å². The van der Waals surface area contributed by atoms with E-state index in [1.807, 2.05) is 18.2 Å². The van der Waals surface area contributed by atoms with E-state index in [0.717, 1.165) is 29.8 Å². The fourth-order valence-electron chi connectivity index (χ4n) is 2.55. The summed E-state index contributed by atoms with van der Waals surface area (Å²) in [7, 11) is 0. The lowest BCUT2D eigenvalue weighted by Crippen LogP contribution is -2.04. The van der Waals surface area contributed by atoms with E-state index >= 15 is 0 Å². The van der Waals surface area contributed by atoms with Crippen molar-refractivity contribution >= 4 is 6.29 Å². The lowest BCUT2D eigenvalue weighted by molar-refractivity contribution is -0.109. The highest BCUT2D eigenvalue weighted by atomic mass is 16.7. The Morgan fingerprint density at radius 2 is 1.76 bits per heavy atom. The molecule has 0 aliphatic carbocycles. The van der Waals surface area contributed by atoms with E-state index in [9.17, 15) is 4.79 Å². The van der Waals surface area contributed by atoms with Gasteiger partial charge in [0.1, 0.15) is 6.29 Å². The molecule has 1 heterocycles. The average Bonchev–Trinajstić information content (AvgIpc) is 3.00. The Kier molecular flexibility index (Phi) is 3.91. The van der Waals surface area contributed by atoms with Crippen LogP contribution in [0, 0.1) is 0 Å². The molecule has 21 heavy (non-hydrogen) atoms. The molecule has 0 spiro atoms. The highest BCUT2D eigenvalue weighted by molar-refractivity contribution is 5.64. The van der Waals surface area contributed by atoms with Crippen LogP contribution in [0.1, 0.15) is 29.5 Å². The van der Waals surface area contributed by atoms with Gasteiger partial charge < -0.3 is 14.3 Å². The zero-order valence-corrected chi connectivity index (χ0v) is 12.0. The molecule has 3 rings (SSSR count). The van der Waals surface area contributed by atoms with E-state index in [1.54, 1.807) is 0 Å². The van der Waals surface area contributed by atoms with Crippen molar-refractivity contribution in [2.24, 2.45) is 0 Å². The number of ether oxygens (including phenoxy) is 2. The van der Waals surface area contributed by atoms with Crippen molar-refractivity contribution in [1.29, 1.82) is 0 Å². The number of aldehydes is 1. The maximum Gasteiger partial charge on any atom is 0.231 e. The minimum atomic E-state index is -0.160. The molecule has 0 saturated heterocycles. The second-order valence-corrected chi connectivity index (χ2v) is 5.23. The van der Waals surface area contributed by atoms with Gasteiger partial charge in [-0.3, -0.25) is 0 Å². The molecule has 0 saturated carbocycles. The van der Waals surface area contributed by atoms with Crippen LogP contribution in [0.15, 0.2) is 42.5 Å². The molecule has 3 heteroatoms. The highest BCUT2D eigenvalue weighted by Gasteiger charge is 2.18. The van der Waals surface area contributed by atoms with E-state index in [-0.39, 0.29) is 12.7 Å². The SMILES string of the molecule is CCc1ccc(CC(C=O)c2ccc3c(c2)OCO3)cc1. The Morgan fingerprint density at radius 3 is 2.48 bits per heavy atom. The number of carbonyl (C=O) groups is 1. The number of hydrogen-bond acceptors (Lipinski definition) is 3. The molecule has 1 aliphatic rings. The predicted octanol–water partition coefficient (Wildman–Crippen LogP) is 3.50. The molecule has 0 radical (unpaired) electrons. The van der Waals surface area contributed by atoms with Crippen molar-refractivity contribution in [2.75, 3.05) is 6.79 Å². The second-order valence-electron chi connectivity index (χ2n) is 5.23. The van der Waals surface area contributed by atoms with Gasteiger partial charge >= 0.3 is 0 Å². The molecule has 1 unspecified atom stereocenters. The van der Waals surface area contributed by atoms with Crippen LogP contribution in [-0.4, -0.2) is 13.1 Å². The highest BCUT2D eigenvalue weighted by Crippen LogP contribution is 2.35. The van der Waals surface area contributed by atoms with Crippen molar-refractivity contribution in [3.05, 3.63) is 59.2 Å².